The van der Waals surface area contributed by atoms with E-state index in [1.54, 1.807) is 23.1 Å². The summed E-state index contributed by atoms with van der Waals surface area (Å²) in [6.07, 6.45) is 2.03. The van der Waals surface area contributed by atoms with Crippen molar-refractivity contribution in [1.29, 1.82) is 0 Å². The maximum Gasteiger partial charge on any atom is 0.267 e. The fraction of sp³-hybridized carbons (Fsp3) is 0.125. The SMILES string of the molecule is CSc1ccc(NC(=O)c2sc(-c3cccs3)nc2C)cc1. The number of aryl methyl sites for hydroxylation is 1. The molecule has 1 N–H and O–H groups in total. The topological polar surface area (TPSA) is 42.0 Å². The summed E-state index contributed by atoms with van der Waals surface area (Å²) in [6, 6.07) is 11.8. The van der Waals surface area contributed by atoms with Crippen LogP contribution < -0.4 is 5.32 Å². The molecule has 3 aromatic rings. The van der Waals surface area contributed by atoms with E-state index in [0.717, 1.165) is 21.3 Å². The molecule has 1 amide bonds. The van der Waals surface area contributed by atoms with Crippen molar-refractivity contribution in [3.8, 4) is 9.88 Å². The molecule has 0 atom stereocenters. The van der Waals surface area contributed by atoms with E-state index < -0.39 is 0 Å². The van der Waals surface area contributed by atoms with Gasteiger partial charge in [0.25, 0.3) is 5.91 Å². The highest BCUT2D eigenvalue weighted by atomic mass is 32.2. The Kier molecular flexibility index (Phi) is 4.61. The molecule has 0 fully saturated rings. The van der Waals surface area contributed by atoms with Gasteiger partial charge in [-0.1, -0.05) is 6.07 Å². The summed E-state index contributed by atoms with van der Waals surface area (Å²) < 4.78 is 0. The third-order valence-corrected chi connectivity index (χ3v) is 6.02. The Morgan fingerprint density at radius 2 is 2.00 bits per heavy atom. The average Bonchev–Trinajstić information content (AvgIpc) is 3.17. The van der Waals surface area contributed by atoms with Crippen LogP contribution in [0.15, 0.2) is 46.7 Å². The van der Waals surface area contributed by atoms with Crippen molar-refractivity contribution >= 4 is 46.0 Å². The van der Waals surface area contributed by atoms with Crippen LogP contribution in [0.5, 0.6) is 0 Å². The summed E-state index contributed by atoms with van der Waals surface area (Å²) in [6.45, 7) is 1.87. The van der Waals surface area contributed by atoms with E-state index in [9.17, 15) is 4.79 Å². The first-order valence-corrected chi connectivity index (χ1v) is 9.56. The van der Waals surface area contributed by atoms with Crippen molar-refractivity contribution in [1.82, 2.24) is 4.98 Å². The Morgan fingerprint density at radius 3 is 2.64 bits per heavy atom. The quantitative estimate of drug-likeness (QED) is 0.664. The third-order valence-electron chi connectivity index (χ3n) is 3.08. The number of thiophene rings is 1. The largest absolute Gasteiger partial charge is 0.321 e. The minimum Gasteiger partial charge on any atom is -0.321 e. The van der Waals surface area contributed by atoms with Gasteiger partial charge in [0.1, 0.15) is 9.88 Å². The van der Waals surface area contributed by atoms with Crippen molar-refractivity contribution in [3.63, 3.8) is 0 Å². The molecule has 0 aliphatic heterocycles. The van der Waals surface area contributed by atoms with Crippen molar-refractivity contribution in [2.45, 2.75) is 11.8 Å². The van der Waals surface area contributed by atoms with Gasteiger partial charge >= 0.3 is 0 Å². The molecule has 0 radical (unpaired) electrons. The Balaban J connectivity index is 1.80. The highest BCUT2D eigenvalue weighted by Gasteiger charge is 2.16. The van der Waals surface area contributed by atoms with Crippen LogP contribution in [0.3, 0.4) is 0 Å². The fourth-order valence-corrected chi connectivity index (χ4v) is 4.14. The Labute approximate surface area is 141 Å². The first-order valence-electron chi connectivity index (χ1n) is 6.64. The summed E-state index contributed by atoms with van der Waals surface area (Å²) in [4.78, 5) is 19.9. The molecule has 0 aliphatic rings. The lowest BCUT2D eigenvalue weighted by molar-refractivity contribution is 0.103. The molecular formula is C16H14N2OS3. The number of rotatable bonds is 4. The van der Waals surface area contributed by atoms with Gasteiger partial charge in [-0.15, -0.1) is 34.4 Å². The van der Waals surface area contributed by atoms with Crippen LogP contribution in [0.4, 0.5) is 5.69 Å². The first-order chi connectivity index (χ1) is 10.7. The van der Waals surface area contributed by atoms with Gasteiger partial charge in [0.15, 0.2) is 0 Å². The van der Waals surface area contributed by atoms with Crippen LogP contribution >= 0.6 is 34.4 Å². The second kappa shape index (κ2) is 6.64. The number of hydrogen-bond acceptors (Lipinski definition) is 5. The lowest BCUT2D eigenvalue weighted by Crippen LogP contribution is -2.11. The van der Waals surface area contributed by atoms with Crippen LogP contribution in [0.2, 0.25) is 0 Å². The van der Waals surface area contributed by atoms with E-state index in [2.05, 4.69) is 10.3 Å². The maximum absolute atomic E-state index is 12.4. The zero-order valence-corrected chi connectivity index (χ0v) is 14.6. The van der Waals surface area contributed by atoms with Gasteiger partial charge in [0.2, 0.25) is 0 Å². The predicted octanol–water partition coefficient (Wildman–Crippen LogP) is 5.15. The Hall–Kier alpha value is -1.63. The van der Waals surface area contributed by atoms with Crippen molar-refractivity contribution in [3.05, 3.63) is 52.3 Å². The van der Waals surface area contributed by atoms with E-state index >= 15 is 0 Å². The van der Waals surface area contributed by atoms with E-state index in [1.807, 2.05) is 55.0 Å². The number of nitrogens with one attached hydrogen (secondary N) is 1. The van der Waals surface area contributed by atoms with Crippen LogP contribution in [0, 0.1) is 6.92 Å². The van der Waals surface area contributed by atoms with Gasteiger partial charge < -0.3 is 5.32 Å². The number of benzene rings is 1. The van der Waals surface area contributed by atoms with Gasteiger partial charge in [-0.05, 0) is 48.9 Å². The number of thioether (sulfide) groups is 1. The summed E-state index contributed by atoms with van der Waals surface area (Å²) in [7, 11) is 0. The lowest BCUT2D eigenvalue weighted by atomic mass is 10.3. The molecule has 2 heterocycles. The number of nitrogens with zero attached hydrogens (tertiary/aromatic N) is 1. The lowest BCUT2D eigenvalue weighted by Gasteiger charge is -2.04. The van der Waals surface area contributed by atoms with Gasteiger partial charge in [-0.25, -0.2) is 4.98 Å². The molecule has 3 nitrogen and oxygen atoms in total. The van der Waals surface area contributed by atoms with Crippen molar-refractivity contribution < 1.29 is 4.79 Å². The molecule has 0 saturated heterocycles. The third kappa shape index (κ3) is 3.24. The van der Waals surface area contributed by atoms with Crippen molar-refractivity contribution in [2.24, 2.45) is 0 Å². The number of hydrogen-bond donors (Lipinski definition) is 1. The molecule has 0 unspecified atom stereocenters. The highest BCUT2D eigenvalue weighted by Crippen LogP contribution is 2.31. The molecule has 2 aromatic heterocycles. The monoisotopic (exact) mass is 346 g/mol. The minimum absolute atomic E-state index is 0.102. The normalized spacial score (nSPS) is 10.6. The van der Waals surface area contributed by atoms with Gasteiger partial charge in [0, 0.05) is 10.6 Å². The second-order valence-corrected chi connectivity index (χ2v) is 7.42. The molecule has 0 aliphatic carbocycles. The summed E-state index contributed by atoms with van der Waals surface area (Å²) in [5.74, 6) is -0.102. The zero-order valence-electron chi connectivity index (χ0n) is 12.1. The van der Waals surface area contributed by atoms with E-state index in [0.29, 0.717) is 4.88 Å². The van der Waals surface area contributed by atoms with E-state index in [4.69, 9.17) is 0 Å². The Bertz CT molecular complexity index is 776. The average molecular weight is 347 g/mol. The number of amides is 1. The van der Waals surface area contributed by atoms with Gasteiger partial charge in [-0.3, -0.25) is 4.79 Å². The molecule has 22 heavy (non-hydrogen) atoms. The fourth-order valence-electron chi connectivity index (χ4n) is 1.97. The standard InChI is InChI=1S/C16H14N2OS3/c1-10-14(22-16(17-10)13-4-3-9-21-13)15(19)18-11-5-7-12(20-2)8-6-11/h3-9H,1-2H3,(H,18,19). The number of carbonyl (C=O) groups excluding carboxylic acids is 1. The number of carbonyl (C=O) groups is 1. The molecule has 0 bridgehead atoms. The molecule has 0 spiro atoms. The summed E-state index contributed by atoms with van der Waals surface area (Å²) >= 11 is 4.74. The molecular weight excluding hydrogens is 332 g/mol. The van der Waals surface area contributed by atoms with Crippen LogP contribution in [-0.4, -0.2) is 17.1 Å². The minimum atomic E-state index is -0.102. The number of thiazole rings is 1. The van der Waals surface area contributed by atoms with Gasteiger partial charge in [0.05, 0.1) is 10.6 Å². The molecule has 112 valence electrons. The molecule has 0 saturated carbocycles. The smallest absolute Gasteiger partial charge is 0.267 e. The van der Waals surface area contributed by atoms with E-state index in [-0.39, 0.29) is 5.91 Å². The predicted molar refractivity (Wildman–Crippen MR) is 96.3 cm³/mol. The maximum atomic E-state index is 12.4. The summed E-state index contributed by atoms with van der Waals surface area (Å²) in [5, 5.41) is 5.85. The van der Waals surface area contributed by atoms with Gasteiger partial charge in [-0.2, -0.15) is 0 Å². The zero-order chi connectivity index (χ0) is 15.5. The molecule has 6 heteroatoms. The number of aromatic nitrogens is 1. The first kappa shape index (κ1) is 15.3. The second-order valence-electron chi connectivity index (χ2n) is 4.59. The summed E-state index contributed by atoms with van der Waals surface area (Å²) in [5.41, 5.74) is 1.57. The van der Waals surface area contributed by atoms with Crippen LogP contribution in [0.1, 0.15) is 15.4 Å². The molecule has 3 rings (SSSR count). The Morgan fingerprint density at radius 1 is 1.23 bits per heavy atom. The molecule has 1 aromatic carbocycles. The van der Waals surface area contributed by atoms with Crippen LogP contribution in [0.25, 0.3) is 9.88 Å². The highest BCUT2D eigenvalue weighted by molar-refractivity contribution is 7.98. The number of anilines is 1. The van der Waals surface area contributed by atoms with Crippen LogP contribution in [-0.2, 0) is 0 Å². The van der Waals surface area contributed by atoms with Crippen molar-refractivity contribution in [2.75, 3.05) is 11.6 Å². The van der Waals surface area contributed by atoms with E-state index in [1.165, 1.54) is 16.2 Å².